The van der Waals surface area contributed by atoms with E-state index in [1.807, 2.05) is 0 Å². The summed E-state index contributed by atoms with van der Waals surface area (Å²) < 4.78 is 0. The molecule has 0 aliphatic rings. The first kappa shape index (κ1) is 13.9. The van der Waals surface area contributed by atoms with E-state index in [0.29, 0.717) is 6.04 Å². The molecule has 0 rings (SSSR count). The Bertz CT molecular complexity index is 117. The van der Waals surface area contributed by atoms with E-state index >= 15 is 0 Å². The molecule has 2 heteroatoms. The van der Waals surface area contributed by atoms with Gasteiger partial charge in [0.15, 0.2) is 0 Å². The second-order valence-corrected chi connectivity index (χ2v) is 4.07. The average molecular weight is 201 g/mol. The van der Waals surface area contributed by atoms with Crippen LogP contribution in [0.15, 0.2) is 0 Å². The van der Waals surface area contributed by atoms with Gasteiger partial charge < -0.3 is 5.11 Å². The van der Waals surface area contributed by atoms with Gasteiger partial charge in [-0.1, -0.05) is 40.0 Å². The molecular formula is C12H27NO. The van der Waals surface area contributed by atoms with Gasteiger partial charge in [-0.05, 0) is 25.7 Å². The van der Waals surface area contributed by atoms with Crippen molar-refractivity contribution in [3.8, 4) is 0 Å². The van der Waals surface area contributed by atoms with E-state index in [1.165, 1.54) is 25.7 Å². The first-order valence-corrected chi connectivity index (χ1v) is 6.18. The van der Waals surface area contributed by atoms with Crippen molar-refractivity contribution in [2.45, 2.75) is 78.0 Å². The van der Waals surface area contributed by atoms with Crippen LogP contribution in [-0.4, -0.2) is 17.4 Å². The van der Waals surface area contributed by atoms with Crippen LogP contribution in [-0.2, 0) is 0 Å². The van der Waals surface area contributed by atoms with Gasteiger partial charge in [0.05, 0.1) is 0 Å². The number of rotatable bonds is 9. The van der Waals surface area contributed by atoms with Gasteiger partial charge in [0.1, 0.15) is 6.23 Å². The molecule has 86 valence electrons. The van der Waals surface area contributed by atoms with Gasteiger partial charge in [0.2, 0.25) is 0 Å². The minimum absolute atomic E-state index is 0.293. The van der Waals surface area contributed by atoms with Gasteiger partial charge in [-0.15, -0.1) is 0 Å². The van der Waals surface area contributed by atoms with Crippen molar-refractivity contribution < 1.29 is 5.11 Å². The third-order valence-corrected chi connectivity index (χ3v) is 2.64. The number of aliphatic hydroxyl groups excluding tert-OH is 1. The van der Waals surface area contributed by atoms with Gasteiger partial charge >= 0.3 is 0 Å². The van der Waals surface area contributed by atoms with Gasteiger partial charge in [0.25, 0.3) is 0 Å². The monoisotopic (exact) mass is 201 g/mol. The summed E-state index contributed by atoms with van der Waals surface area (Å²) in [4.78, 5) is 0. The third kappa shape index (κ3) is 7.34. The Morgan fingerprint density at radius 2 is 1.71 bits per heavy atom. The molecule has 14 heavy (non-hydrogen) atoms. The Morgan fingerprint density at radius 3 is 2.21 bits per heavy atom. The molecule has 2 unspecified atom stereocenters. The lowest BCUT2D eigenvalue weighted by Crippen LogP contribution is -2.37. The molecule has 0 radical (unpaired) electrons. The fraction of sp³-hybridized carbons (Fsp3) is 1.00. The number of aliphatic hydroxyl groups is 1. The van der Waals surface area contributed by atoms with E-state index in [1.54, 1.807) is 0 Å². The number of unbranched alkanes of at least 4 members (excludes halogenated alkanes) is 2. The van der Waals surface area contributed by atoms with Crippen LogP contribution in [0, 0.1) is 0 Å². The largest absolute Gasteiger partial charge is 0.379 e. The minimum Gasteiger partial charge on any atom is -0.379 e. The number of nitrogens with one attached hydrogen (secondary N) is 1. The van der Waals surface area contributed by atoms with Gasteiger partial charge in [-0.25, -0.2) is 0 Å². The fourth-order valence-corrected chi connectivity index (χ4v) is 1.70. The molecule has 2 N–H and O–H groups in total. The second-order valence-electron chi connectivity index (χ2n) is 4.07. The normalized spacial score (nSPS) is 15.4. The Hall–Kier alpha value is -0.0800. The average Bonchev–Trinajstić information content (AvgIpc) is 2.17. The van der Waals surface area contributed by atoms with E-state index in [2.05, 4.69) is 26.1 Å². The van der Waals surface area contributed by atoms with E-state index in [9.17, 15) is 5.11 Å². The van der Waals surface area contributed by atoms with Crippen molar-refractivity contribution in [3.63, 3.8) is 0 Å². The zero-order valence-corrected chi connectivity index (χ0v) is 10.1. The first-order chi connectivity index (χ1) is 6.74. The molecule has 0 bridgehead atoms. The highest BCUT2D eigenvalue weighted by molar-refractivity contribution is 4.66. The second kappa shape index (κ2) is 9.47. The quantitative estimate of drug-likeness (QED) is 0.444. The standard InChI is InChI=1S/C12H27NO/c1-4-7-8-10-12(14)13-11(6-3)9-5-2/h11-14H,4-10H2,1-3H3. The molecule has 2 nitrogen and oxygen atoms in total. The van der Waals surface area contributed by atoms with Crippen LogP contribution in [0.2, 0.25) is 0 Å². The van der Waals surface area contributed by atoms with E-state index in [0.717, 1.165) is 19.3 Å². The molecule has 0 aliphatic heterocycles. The molecular weight excluding hydrogens is 174 g/mol. The van der Waals surface area contributed by atoms with Crippen LogP contribution in [0.25, 0.3) is 0 Å². The smallest absolute Gasteiger partial charge is 0.105 e. The molecule has 0 aromatic rings. The van der Waals surface area contributed by atoms with Crippen molar-refractivity contribution >= 4 is 0 Å². The predicted molar refractivity (Wildman–Crippen MR) is 62.3 cm³/mol. The van der Waals surface area contributed by atoms with Crippen LogP contribution >= 0.6 is 0 Å². The Balaban J connectivity index is 3.51. The highest BCUT2D eigenvalue weighted by Gasteiger charge is 2.09. The van der Waals surface area contributed by atoms with E-state index < -0.39 is 0 Å². The highest BCUT2D eigenvalue weighted by Crippen LogP contribution is 2.06. The SMILES string of the molecule is CCCCCC(O)NC(CC)CCC. The van der Waals surface area contributed by atoms with Gasteiger partial charge in [0, 0.05) is 6.04 Å². The summed E-state index contributed by atoms with van der Waals surface area (Å²) in [5.74, 6) is 0. The lowest BCUT2D eigenvalue weighted by molar-refractivity contribution is 0.107. The molecule has 0 spiro atoms. The molecule has 0 aliphatic carbocycles. The lowest BCUT2D eigenvalue weighted by Gasteiger charge is -2.20. The van der Waals surface area contributed by atoms with Crippen LogP contribution in [0.4, 0.5) is 0 Å². The molecule has 0 aromatic heterocycles. The summed E-state index contributed by atoms with van der Waals surface area (Å²) >= 11 is 0. The fourth-order valence-electron chi connectivity index (χ4n) is 1.70. The molecule has 0 heterocycles. The minimum atomic E-state index is -0.293. The topological polar surface area (TPSA) is 32.3 Å². The highest BCUT2D eigenvalue weighted by atomic mass is 16.3. The summed E-state index contributed by atoms with van der Waals surface area (Å²) in [5.41, 5.74) is 0. The van der Waals surface area contributed by atoms with Crippen LogP contribution in [0.3, 0.4) is 0 Å². The lowest BCUT2D eigenvalue weighted by atomic mass is 10.1. The van der Waals surface area contributed by atoms with Crippen molar-refractivity contribution in [3.05, 3.63) is 0 Å². The predicted octanol–water partition coefficient (Wildman–Crippen LogP) is 3.05. The molecule has 0 fully saturated rings. The molecule has 2 atom stereocenters. The third-order valence-electron chi connectivity index (χ3n) is 2.64. The van der Waals surface area contributed by atoms with Crippen molar-refractivity contribution in [1.29, 1.82) is 0 Å². The number of hydrogen-bond acceptors (Lipinski definition) is 2. The van der Waals surface area contributed by atoms with Crippen molar-refractivity contribution in [2.75, 3.05) is 0 Å². The van der Waals surface area contributed by atoms with Crippen LogP contribution < -0.4 is 5.32 Å². The molecule has 0 amide bonds. The summed E-state index contributed by atoms with van der Waals surface area (Å²) in [5, 5.41) is 13.0. The Morgan fingerprint density at radius 1 is 1.00 bits per heavy atom. The van der Waals surface area contributed by atoms with Gasteiger partial charge in [-0.3, -0.25) is 5.32 Å². The van der Waals surface area contributed by atoms with E-state index in [-0.39, 0.29) is 6.23 Å². The van der Waals surface area contributed by atoms with Gasteiger partial charge in [-0.2, -0.15) is 0 Å². The summed E-state index contributed by atoms with van der Waals surface area (Å²) in [6, 6.07) is 0.497. The Kier molecular flexibility index (Phi) is 9.42. The molecule has 0 saturated carbocycles. The summed E-state index contributed by atoms with van der Waals surface area (Å²) in [7, 11) is 0. The zero-order chi connectivity index (χ0) is 10.8. The van der Waals surface area contributed by atoms with Crippen molar-refractivity contribution in [1.82, 2.24) is 5.32 Å². The molecule has 0 aromatic carbocycles. The zero-order valence-electron chi connectivity index (χ0n) is 10.1. The summed E-state index contributed by atoms with van der Waals surface area (Å²) in [6.07, 6.45) is 7.65. The maximum absolute atomic E-state index is 9.69. The Labute approximate surface area is 89.1 Å². The van der Waals surface area contributed by atoms with Crippen LogP contribution in [0.5, 0.6) is 0 Å². The molecule has 0 saturated heterocycles. The van der Waals surface area contributed by atoms with Crippen molar-refractivity contribution in [2.24, 2.45) is 0 Å². The maximum atomic E-state index is 9.69. The van der Waals surface area contributed by atoms with E-state index in [4.69, 9.17) is 0 Å². The van der Waals surface area contributed by atoms with Crippen LogP contribution in [0.1, 0.15) is 65.7 Å². The first-order valence-electron chi connectivity index (χ1n) is 6.18. The number of hydrogen-bond donors (Lipinski definition) is 2. The summed E-state index contributed by atoms with van der Waals surface area (Å²) in [6.45, 7) is 6.55. The maximum Gasteiger partial charge on any atom is 0.105 e.